The lowest BCUT2D eigenvalue weighted by molar-refractivity contribution is -0.119. The summed E-state index contributed by atoms with van der Waals surface area (Å²) in [6.07, 6.45) is 3.51. The Morgan fingerprint density at radius 1 is 1.56 bits per heavy atom. The van der Waals surface area contributed by atoms with Crippen LogP contribution in [0.5, 0.6) is 0 Å². The molecule has 2 aromatic heterocycles. The Bertz CT molecular complexity index is 481. The maximum atomic E-state index is 10.7. The third-order valence-electron chi connectivity index (χ3n) is 2.00. The molecule has 0 aliphatic heterocycles. The van der Waals surface area contributed by atoms with Gasteiger partial charge in [-0.15, -0.1) is 11.3 Å². The highest BCUT2D eigenvalue weighted by Gasteiger charge is 2.04. The number of hydrogen-bond acceptors (Lipinski definition) is 4. The lowest BCUT2D eigenvalue weighted by atomic mass is 10.2. The number of aromatic nitrogens is 2. The van der Waals surface area contributed by atoms with Crippen molar-refractivity contribution in [1.29, 1.82) is 0 Å². The Kier molecular flexibility index (Phi) is 3.26. The van der Waals surface area contributed by atoms with Gasteiger partial charge in [0.1, 0.15) is 5.01 Å². The second kappa shape index (κ2) is 4.85. The van der Waals surface area contributed by atoms with Crippen LogP contribution >= 0.6 is 11.3 Å². The van der Waals surface area contributed by atoms with Crippen molar-refractivity contribution >= 4 is 17.2 Å². The van der Waals surface area contributed by atoms with Gasteiger partial charge in [0.25, 0.3) is 0 Å². The number of pyridine rings is 1. The van der Waals surface area contributed by atoms with Gasteiger partial charge in [0, 0.05) is 30.3 Å². The van der Waals surface area contributed by atoms with Crippen LogP contribution in [0.1, 0.15) is 11.9 Å². The van der Waals surface area contributed by atoms with Gasteiger partial charge in [-0.3, -0.25) is 9.78 Å². The van der Waals surface area contributed by atoms with Crippen molar-refractivity contribution in [1.82, 2.24) is 15.3 Å². The molecule has 0 spiro atoms. The van der Waals surface area contributed by atoms with Crippen LogP contribution in [0.15, 0.2) is 29.9 Å². The fourth-order valence-electron chi connectivity index (χ4n) is 1.24. The summed E-state index contributed by atoms with van der Waals surface area (Å²) in [5.74, 6) is -0.0434. The van der Waals surface area contributed by atoms with E-state index in [2.05, 4.69) is 15.3 Å². The molecule has 0 bridgehead atoms. The van der Waals surface area contributed by atoms with E-state index in [1.54, 1.807) is 12.4 Å². The molecule has 1 N–H and O–H groups in total. The Balaban J connectivity index is 2.11. The molecular formula is C11H11N3OS. The zero-order valence-electron chi connectivity index (χ0n) is 8.80. The molecule has 0 atom stereocenters. The minimum atomic E-state index is -0.0434. The van der Waals surface area contributed by atoms with E-state index < -0.39 is 0 Å². The number of rotatable bonds is 3. The van der Waals surface area contributed by atoms with E-state index in [0.29, 0.717) is 6.54 Å². The van der Waals surface area contributed by atoms with Crippen LogP contribution in [0, 0.1) is 0 Å². The van der Waals surface area contributed by atoms with Crippen LogP contribution in [-0.2, 0) is 11.3 Å². The van der Waals surface area contributed by atoms with E-state index >= 15 is 0 Å². The minimum absolute atomic E-state index is 0.0434. The van der Waals surface area contributed by atoms with Crippen LogP contribution < -0.4 is 5.32 Å². The first-order valence-corrected chi connectivity index (χ1v) is 5.73. The summed E-state index contributed by atoms with van der Waals surface area (Å²) in [5, 5.41) is 5.58. The van der Waals surface area contributed by atoms with E-state index in [9.17, 15) is 4.79 Å². The fraction of sp³-hybridized carbons (Fsp3) is 0.182. The highest BCUT2D eigenvalue weighted by Crippen LogP contribution is 2.20. The SMILES string of the molecule is CC(=O)NCc1nc(-c2cccnc2)cs1. The molecule has 5 heteroatoms. The number of nitrogens with one attached hydrogen (secondary N) is 1. The molecule has 0 aliphatic carbocycles. The van der Waals surface area contributed by atoms with E-state index in [1.807, 2.05) is 17.5 Å². The van der Waals surface area contributed by atoms with Gasteiger partial charge in [0.05, 0.1) is 12.2 Å². The first-order valence-electron chi connectivity index (χ1n) is 4.85. The molecule has 0 radical (unpaired) electrons. The average molecular weight is 233 g/mol. The molecule has 0 saturated carbocycles. The van der Waals surface area contributed by atoms with Gasteiger partial charge >= 0.3 is 0 Å². The predicted molar refractivity (Wildman–Crippen MR) is 62.9 cm³/mol. The smallest absolute Gasteiger partial charge is 0.217 e. The Hall–Kier alpha value is -1.75. The van der Waals surface area contributed by atoms with E-state index in [4.69, 9.17) is 0 Å². The highest BCUT2D eigenvalue weighted by molar-refractivity contribution is 7.09. The van der Waals surface area contributed by atoms with Crippen LogP contribution in [0.25, 0.3) is 11.3 Å². The molecule has 16 heavy (non-hydrogen) atoms. The molecule has 2 heterocycles. The number of carbonyl (C=O) groups excluding carboxylic acids is 1. The summed E-state index contributed by atoms with van der Waals surface area (Å²) < 4.78 is 0. The number of nitrogens with zero attached hydrogens (tertiary/aromatic N) is 2. The molecule has 1 amide bonds. The summed E-state index contributed by atoms with van der Waals surface area (Å²) in [6.45, 7) is 1.98. The summed E-state index contributed by atoms with van der Waals surface area (Å²) >= 11 is 1.53. The first-order chi connectivity index (χ1) is 7.75. The molecule has 2 rings (SSSR count). The fourth-order valence-corrected chi connectivity index (χ4v) is 1.98. The van der Waals surface area contributed by atoms with Crippen molar-refractivity contribution in [2.45, 2.75) is 13.5 Å². The van der Waals surface area contributed by atoms with Crippen molar-refractivity contribution in [2.24, 2.45) is 0 Å². The predicted octanol–water partition coefficient (Wildman–Crippen LogP) is 1.84. The zero-order valence-corrected chi connectivity index (χ0v) is 9.62. The summed E-state index contributed by atoms with van der Waals surface area (Å²) in [6, 6.07) is 3.84. The largest absolute Gasteiger partial charge is 0.350 e. The van der Waals surface area contributed by atoms with Crippen molar-refractivity contribution in [3.63, 3.8) is 0 Å². The quantitative estimate of drug-likeness (QED) is 0.880. The zero-order chi connectivity index (χ0) is 11.4. The third-order valence-corrected chi connectivity index (χ3v) is 2.85. The maximum Gasteiger partial charge on any atom is 0.217 e. The molecule has 0 aromatic carbocycles. The van der Waals surface area contributed by atoms with Crippen molar-refractivity contribution in [3.8, 4) is 11.3 Å². The maximum absolute atomic E-state index is 10.7. The average Bonchev–Trinajstić information content (AvgIpc) is 2.76. The summed E-state index contributed by atoms with van der Waals surface area (Å²) in [7, 11) is 0. The van der Waals surface area contributed by atoms with Crippen molar-refractivity contribution in [3.05, 3.63) is 34.9 Å². The molecule has 2 aromatic rings. The highest BCUT2D eigenvalue weighted by atomic mass is 32.1. The number of carbonyl (C=O) groups is 1. The van der Waals surface area contributed by atoms with Gasteiger partial charge in [-0.05, 0) is 12.1 Å². The molecule has 4 nitrogen and oxygen atoms in total. The van der Waals surface area contributed by atoms with Crippen LogP contribution in [0.2, 0.25) is 0 Å². The van der Waals surface area contributed by atoms with E-state index in [0.717, 1.165) is 16.3 Å². The topological polar surface area (TPSA) is 54.9 Å². The van der Waals surface area contributed by atoms with Gasteiger partial charge in [-0.2, -0.15) is 0 Å². The number of thiazole rings is 1. The van der Waals surface area contributed by atoms with Gasteiger partial charge in [-0.1, -0.05) is 0 Å². The van der Waals surface area contributed by atoms with E-state index in [-0.39, 0.29) is 5.91 Å². The van der Waals surface area contributed by atoms with Gasteiger partial charge in [-0.25, -0.2) is 4.98 Å². The molecule has 82 valence electrons. The molecule has 0 fully saturated rings. The number of amides is 1. The molecular weight excluding hydrogens is 222 g/mol. The van der Waals surface area contributed by atoms with Crippen molar-refractivity contribution < 1.29 is 4.79 Å². The van der Waals surface area contributed by atoms with Crippen LogP contribution in [-0.4, -0.2) is 15.9 Å². The van der Waals surface area contributed by atoms with Gasteiger partial charge in [0.15, 0.2) is 0 Å². The lowest BCUT2D eigenvalue weighted by Gasteiger charge is -1.96. The second-order valence-electron chi connectivity index (χ2n) is 3.28. The summed E-state index contributed by atoms with van der Waals surface area (Å²) in [4.78, 5) is 19.2. The van der Waals surface area contributed by atoms with Crippen LogP contribution in [0.3, 0.4) is 0 Å². The van der Waals surface area contributed by atoms with E-state index in [1.165, 1.54) is 18.3 Å². The number of hydrogen-bond donors (Lipinski definition) is 1. The summed E-state index contributed by atoms with van der Waals surface area (Å²) in [5.41, 5.74) is 1.89. The van der Waals surface area contributed by atoms with Gasteiger partial charge in [0.2, 0.25) is 5.91 Å². The van der Waals surface area contributed by atoms with Gasteiger partial charge < -0.3 is 5.32 Å². The minimum Gasteiger partial charge on any atom is -0.350 e. The van der Waals surface area contributed by atoms with Crippen molar-refractivity contribution in [2.75, 3.05) is 0 Å². The first kappa shape index (κ1) is 10.8. The molecule has 0 unspecified atom stereocenters. The Morgan fingerprint density at radius 3 is 3.12 bits per heavy atom. The lowest BCUT2D eigenvalue weighted by Crippen LogP contribution is -2.18. The second-order valence-corrected chi connectivity index (χ2v) is 4.22. The van der Waals surface area contributed by atoms with Crippen LogP contribution in [0.4, 0.5) is 0 Å². The standard InChI is InChI=1S/C11H11N3OS/c1-8(15)13-6-11-14-10(7-16-11)9-3-2-4-12-5-9/h2-5,7H,6H2,1H3,(H,13,15). The normalized spacial score (nSPS) is 10.1. The Morgan fingerprint density at radius 2 is 2.44 bits per heavy atom. The Labute approximate surface area is 97.4 Å². The monoisotopic (exact) mass is 233 g/mol. The molecule has 0 aliphatic rings. The molecule has 0 saturated heterocycles. The third kappa shape index (κ3) is 2.64.